The molecule has 0 fully saturated rings. The Kier molecular flexibility index (Phi) is 4.46. The van der Waals surface area contributed by atoms with Gasteiger partial charge in [-0.3, -0.25) is 0 Å². The molecular weight excluding hydrogens is 296 g/mol. The first kappa shape index (κ1) is 14.4. The van der Waals surface area contributed by atoms with Crippen LogP contribution in [0.2, 0.25) is 0 Å². The van der Waals surface area contributed by atoms with Crippen LogP contribution in [0.1, 0.15) is 19.4 Å². The number of thiazole rings is 1. The molecule has 1 heterocycles. The predicted molar refractivity (Wildman–Crippen MR) is 94.4 cm³/mol. The Balaban J connectivity index is 1.74. The van der Waals surface area contributed by atoms with Crippen molar-refractivity contribution in [1.82, 2.24) is 4.98 Å². The maximum absolute atomic E-state index is 4.65. The van der Waals surface area contributed by atoms with Gasteiger partial charge in [-0.1, -0.05) is 55.5 Å². The number of hydrogen-bond acceptors (Lipinski definition) is 4. The average molecular weight is 314 g/mol. The van der Waals surface area contributed by atoms with Gasteiger partial charge in [-0.25, -0.2) is 4.98 Å². The Labute approximate surface area is 133 Å². The highest BCUT2D eigenvalue weighted by atomic mass is 32.2. The van der Waals surface area contributed by atoms with Gasteiger partial charge >= 0.3 is 0 Å². The minimum absolute atomic E-state index is 0.603. The smallest absolute Gasteiger partial charge is 0.184 e. The molecule has 3 rings (SSSR count). The number of anilines is 1. The maximum Gasteiger partial charge on any atom is 0.184 e. The highest BCUT2D eigenvalue weighted by Gasteiger charge is 2.06. The summed E-state index contributed by atoms with van der Waals surface area (Å²) in [6.45, 7) is 5.25. The van der Waals surface area contributed by atoms with Crippen molar-refractivity contribution >= 4 is 38.4 Å². The van der Waals surface area contributed by atoms with Crippen LogP contribution < -0.4 is 5.32 Å². The lowest BCUT2D eigenvalue weighted by Crippen LogP contribution is -1.97. The third-order valence-electron chi connectivity index (χ3n) is 3.02. The van der Waals surface area contributed by atoms with E-state index in [0.29, 0.717) is 5.25 Å². The van der Waals surface area contributed by atoms with Gasteiger partial charge in [-0.05, 0) is 23.8 Å². The molecule has 3 aromatic rings. The molecule has 0 aliphatic carbocycles. The summed E-state index contributed by atoms with van der Waals surface area (Å²) >= 11 is 3.61. The minimum Gasteiger partial charge on any atom is -0.357 e. The summed E-state index contributed by atoms with van der Waals surface area (Å²) in [4.78, 5) is 5.96. The Morgan fingerprint density at radius 1 is 1.14 bits per heavy atom. The highest BCUT2D eigenvalue weighted by molar-refractivity contribution is 7.99. The van der Waals surface area contributed by atoms with Crippen LogP contribution in [0, 0.1) is 0 Å². The van der Waals surface area contributed by atoms with E-state index < -0.39 is 0 Å². The first-order chi connectivity index (χ1) is 10.2. The maximum atomic E-state index is 4.65. The lowest BCUT2D eigenvalue weighted by Gasteiger charge is -2.03. The van der Waals surface area contributed by atoms with E-state index in [1.54, 1.807) is 11.3 Å². The van der Waals surface area contributed by atoms with Crippen LogP contribution >= 0.6 is 23.1 Å². The van der Waals surface area contributed by atoms with E-state index >= 15 is 0 Å². The first-order valence-electron chi connectivity index (χ1n) is 7.06. The highest BCUT2D eigenvalue weighted by Crippen LogP contribution is 2.31. The molecule has 0 amide bonds. The fourth-order valence-electron chi connectivity index (χ4n) is 2.10. The molecule has 4 heteroatoms. The van der Waals surface area contributed by atoms with E-state index in [0.717, 1.165) is 17.2 Å². The van der Waals surface area contributed by atoms with Gasteiger partial charge in [0.05, 0.1) is 10.2 Å². The van der Waals surface area contributed by atoms with E-state index in [9.17, 15) is 0 Å². The van der Waals surface area contributed by atoms with Gasteiger partial charge in [0.1, 0.15) is 0 Å². The zero-order valence-electron chi connectivity index (χ0n) is 12.2. The van der Waals surface area contributed by atoms with Crippen LogP contribution in [-0.2, 0) is 6.54 Å². The number of nitrogens with one attached hydrogen (secondary N) is 1. The molecule has 1 N–H and O–H groups in total. The quantitative estimate of drug-likeness (QED) is 0.637. The normalized spacial score (nSPS) is 11.2. The van der Waals surface area contributed by atoms with Crippen LogP contribution in [0.3, 0.4) is 0 Å². The van der Waals surface area contributed by atoms with E-state index in [1.807, 2.05) is 17.8 Å². The monoisotopic (exact) mass is 314 g/mol. The zero-order chi connectivity index (χ0) is 14.7. The van der Waals surface area contributed by atoms with Gasteiger partial charge in [0.15, 0.2) is 5.13 Å². The molecule has 0 atom stereocenters. The van der Waals surface area contributed by atoms with E-state index in [1.165, 1.54) is 15.2 Å². The summed E-state index contributed by atoms with van der Waals surface area (Å²) in [6.07, 6.45) is 0. The third kappa shape index (κ3) is 3.77. The predicted octanol–water partition coefficient (Wildman–Crippen LogP) is 5.41. The molecule has 0 aliphatic rings. The Morgan fingerprint density at radius 2 is 1.95 bits per heavy atom. The van der Waals surface area contributed by atoms with Crippen molar-refractivity contribution < 1.29 is 0 Å². The standard InChI is InChI=1S/C17H18N2S2/c1-12(2)20-14-8-9-15-16(10-14)21-17(19-15)18-11-13-6-4-3-5-7-13/h3-10,12H,11H2,1-2H3,(H,18,19). The van der Waals surface area contributed by atoms with Crippen LogP contribution in [0.25, 0.3) is 10.2 Å². The van der Waals surface area contributed by atoms with Gasteiger partial charge in [0, 0.05) is 16.7 Å². The molecule has 0 saturated carbocycles. The lowest BCUT2D eigenvalue weighted by molar-refractivity contribution is 1.11. The molecule has 1 aromatic heterocycles. The summed E-state index contributed by atoms with van der Waals surface area (Å²) in [5.41, 5.74) is 2.34. The molecule has 0 spiro atoms. The molecule has 108 valence electrons. The molecule has 21 heavy (non-hydrogen) atoms. The lowest BCUT2D eigenvalue weighted by atomic mass is 10.2. The van der Waals surface area contributed by atoms with Crippen molar-refractivity contribution in [2.75, 3.05) is 5.32 Å². The van der Waals surface area contributed by atoms with Crippen molar-refractivity contribution in [2.45, 2.75) is 30.5 Å². The number of aromatic nitrogens is 1. The number of hydrogen-bond donors (Lipinski definition) is 1. The second kappa shape index (κ2) is 6.50. The number of fused-ring (bicyclic) bond motifs is 1. The van der Waals surface area contributed by atoms with Crippen LogP contribution in [0.15, 0.2) is 53.4 Å². The number of rotatable bonds is 5. The second-order valence-corrected chi connectivity index (χ2v) is 7.83. The molecule has 0 aliphatic heterocycles. The van der Waals surface area contributed by atoms with Crippen LogP contribution in [0.5, 0.6) is 0 Å². The Morgan fingerprint density at radius 3 is 2.71 bits per heavy atom. The zero-order valence-corrected chi connectivity index (χ0v) is 13.8. The Bertz CT molecular complexity index is 720. The van der Waals surface area contributed by atoms with Crippen molar-refractivity contribution in [3.8, 4) is 0 Å². The molecule has 0 bridgehead atoms. The van der Waals surface area contributed by atoms with Crippen molar-refractivity contribution in [3.63, 3.8) is 0 Å². The van der Waals surface area contributed by atoms with Crippen LogP contribution in [-0.4, -0.2) is 10.2 Å². The van der Waals surface area contributed by atoms with Gasteiger partial charge < -0.3 is 5.32 Å². The summed E-state index contributed by atoms with van der Waals surface area (Å²) < 4.78 is 1.25. The van der Waals surface area contributed by atoms with Gasteiger partial charge in [-0.2, -0.15) is 0 Å². The van der Waals surface area contributed by atoms with Gasteiger partial charge in [0.25, 0.3) is 0 Å². The SMILES string of the molecule is CC(C)Sc1ccc2nc(NCc3ccccc3)sc2c1. The summed E-state index contributed by atoms with van der Waals surface area (Å²) in [5.74, 6) is 0. The fourth-order valence-corrected chi connectivity index (χ4v) is 3.95. The topological polar surface area (TPSA) is 24.9 Å². The van der Waals surface area contributed by atoms with Crippen molar-refractivity contribution in [1.29, 1.82) is 0 Å². The second-order valence-electron chi connectivity index (χ2n) is 5.15. The molecule has 0 unspecified atom stereocenters. The average Bonchev–Trinajstić information content (AvgIpc) is 2.88. The van der Waals surface area contributed by atoms with Gasteiger partial charge in [0.2, 0.25) is 0 Å². The van der Waals surface area contributed by atoms with Gasteiger partial charge in [-0.15, -0.1) is 11.8 Å². The number of benzene rings is 2. The molecular formula is C17H18N2S2. The van der Waals surface area contributed by atoms with Crippen molar-refractivity contribution in [3.05, 3.63) is 54.1 Å². The molecule has 0 radical (unpaired) electrons. The summed E-state index contributed by atoms with van der Waals surface area (Å²) in [5, 5.41) is 5.00. The van der Waals surface area contributed by atoms with E-state index in [-0.39, 0.29) is 0 Å². The minimum atomic E-state index is 0.603. The first-order valence-corrected chi connectivity index (χ1v) is 8.75. The van der Waals surface area contributed by atoms with Crippen LogP contribution in [0.4, 0.5) is 5.13 Å². The third-order valence-corrected chi connectivity index (χ3v) is 4.99. The fraction of sp³-hybridized carbons (Fsp3) is 0.235. The summed E-state index contributed by atoms with van der Waals surface area (Å²) in [6, 6.07) is 16.9. The number of thioether (sulfide) groups is 1. The Hall–Kier alpha value is -1.52. The molecule has 2 aromatic carbocycles. The molecule has 0 saturated heterocycles. The van der Waals surface area contributed by atoms with E-state index in [4.69, 9.17) is 0 Å². The number of nitrogens with zero attached hydrogens (tertiary/aromatic N) is 1. The largest absolute Gasteiger partial charge is 0.357 e. The van der Waals surface area contributed by atoms with E-state index in [2.05, 4.69) is 66.6 Å². The molecule has 2 nitrogen and oxygen atoms in total. The van der Waals surface area contributed by atoms with Crippen molar-refractivity contribution in [2.24, 2.45) is 0 Å². The summed E-state index contributed by atoms with van der Waals surface area (Å²) in [7, 11) is 0.